The van der Waals surface area contributed by atoms with Crippen LogP contribution in [0.25, 0.3) is 11.3 Å². The van der Waals surface area contributed by atoms with E-state index in [1.165, 1.54) is 19.2 Å². The highest BCUT2D eigenvalue weighted by Crippen LogP contribution is 2.34. The number of benzene rings is 1. The molecule has 4 nitrogen and oxygen atoms in total. The molecule has 0 amide bonds. The Morgan fingerprint density at radius 2 is 2.05 bits per heavy atom. The quantitative estimate of drug-likeness (QED) is 0.924. The highest BCUT2D eigenvalue weighted by molar-refractivity contribution is 6.35. The molecule has 1 N–H and O–H groups in total. The van der Waals surface area contributed by atoms with Gasteiger partial charge in [-0.3, -0.25) is 4.68 Å². The number of halogens is 4. The van der Waals surface area contributed by atoms with Gasteiger partial charge in [-0.25, -0.2) is 4.79 Å². The topological polar surface area (TPSA) is 55.1 Å². The number of rotatable bonds is 2. The van der Waals surface area contributed by atoms with E-state index in [9.17, 15) is 18.0 Å². The molecule has 1 aromatic carbocycles. The second kappa shape index (κ2) is 4.82. The smallest absolute Gasteiger partial charge is 0.416 e. The van der Waals surface area contributed by atoms with Crippen LogP contribution in [0.1, 0.15) is 16.1 Å². The molecule has 0 unspecified atom stereocenters. The summed E-state index contributed by atoms with van der Waals surface area (Å²) in [6.07, 6.45) is -4.49. The van der Waals surface area contributed by atoms with Crippen LogP contribution < -0.4 is 0 Å². The van der Waals surface area contributed by atoms with Crippen molar-refractivity contribution in [2.45, 2.75) is 6.18 Å². The van der Waals surface area contributed by atoms with Gasteiger partial charge in [-0.2, -0.15) is 18.3 Å². The summed E-state index contributed by atoms with van der Waals surface area (Å²) in [5.41, 5.74) is -1.03. The molecule has 2 aromatic rings. The third-order valence-electron chi connectivity index (χ3n) is 2.66. The van der Waals surface area contributed by atoms with Gasteiger partial charge >= 0.3 is 12.1 Å². The Labute approximate surface area is 116 Å². The van der Waals surface area contributed by atoms with Crippen molar-refractivity contribution in [2.24, 2.45) is 7.05 Å². The van der Waals surface area contributed by atoms with Gasteiger partial charge in [0, 0.05) is 12.6 Å². The summed E-state index contributed by atoms with van der Waals surface area (Å²) in [6.45, 7) is 0. The zero-order valence-corrected chi connectivity index (χ0v) is 10.8. The molecule has 0 fully saturated rings. The number of carboxylic acid groups (broad SMARTS) is 1. The monoisotopic (exact) mass is 304 g/mol. The second-order valence-electron chi connectivity index (χ2n) is 4.02. The lowest BCUT2D eigenvalue weighted by Gasteiger charge is -2.07. The minimum absolute atomic E-state index is 0.00216. The molecule has 8 heteroatoms. The molecular formula is C12H8ClF3N2O2. The minimum atomic E-state index is -4.49. The fourth-order valence-corrected chi connectivity index (χ4v) is 2.11. The first kappa shape index (κ1) is 14.4. The van der Waals surface area contributed by atoms with E-state index in [4.69, 9.17) is 16.7 Å². The summed E-state index contributed by atoms with van der Waals surface area (Å²) >= 11 is 5.88. The zero-order chi connectivity index (χ0) is 15.1. The molecule has 0 aliphatic heterocycles. The number of aryl methyl sites for hydroxylation is 1. The van der Waals surface area contributed by atoms with Crippen LogP contribution >= 0.6 is 11.6 Å². The first-order valence-electron chi connectivity index (χ1n) is 5.35. The second-order valence-corrected chi connectivity index (χ2v) is 4.40. The van der Waals surface area contributed by atoms with Gasteiger partial charge in [-0.1, -0.05) is 23.7 Å². The van der Waals surface area contributed by atoms with Crippen molar-refractivity contribution in [3.05, 3.63) is 40.5 Å². The van der Waals surface area contributed by atoms with Gasteiger partial charge in [0.1, 0.15) is 10.7 Å². The summed E-state index contributed by atoms with van der Waals surface area (Å²) in [5.74, 6) is -1.30. The van der Waals surface area contributed by atoms with Crippen molar-refractivity contribution in [3.63, 3.8) is 0 Å². The first-order valence-corrected chi connectivity index (χ1v) is 5.73. The molecule has 0 atom stereocenters. The van der Waals surface area contributed by atoms with Gasteiger partial charge in [-0.15, -0.1) is 0 Å². The van der Waals surface area contributed by atoms with Crippen molar-refractivity contribution in [1.29, 1.82) is 0 Å². The van der Waals surface area contributed by atoms with E-state index in [-0.39, 0.29) is 22.0 Å². The number of hydrogen-bond acceptors (Lipinski definition) is 2. The first-order chi connectivity index (χ1) is 9.21. The number of aromatic nitrogens is 2. The predicted octanol–water partition coefficient (Wildman–Crippen LogP) is 3.46. The SMILES string of the molecule is Cn1nc(-c2cccc(C(F)(F)F)c2)c(Cl)c1C(=O)O. The fourth-order valence-electron chi connectivity index (χ4n) is 1.76. The molecular weight excluding hydrogens is 297 g/mol. The number of nitrogens with zero attached hydrogens (tertiary/aromatic N) is 2. The van der Waals surface area contributed by atoms with E-state index in [0.29, 0.717) is 0 Å². The largest absolute Gasteiger partial charge is 0.476 e. The van der Waals surface area contributed by atoms with Crippen molar-refractivity contribution < 1.29 is 23.1 Å². The van der Waals surface area contributed by atoms with Crippen LogP contribution in [0.5, 0.6) is 0 Å². The third-order valence-corrected chi connectivity index (χ3v) is 3.01. The Balaban J connectivity index is 2.58. The maximum Gasteiger partial charge on any atom is 0.416 e. The van der Waals surface area contributed by atoms with E-state index >= 15 is 0 Å². The van der Waals surface area contributed by atoms with Crippen molar-refractivity contribution in [3.8, 4) is 11.3 Å². The normalized spacial score (nSPS) is 11.7. The molecule has 0 aliphatic rings. The van der Waals surface area contributed by atoms with E-state index in [1.807, 2.05) is 0 Å². The van der Waals surface area contributed by atoms with Crippen molar-refractivity contribution in [2.75, 3.05) is 0 Å². The molecule has 1 aromatic heterocycles. The molecule has 20 heavy (non-hydrogen) atoms. The zero-order valence-electron chi connectivity index (χ0n) is 10.1. The summed E-state index contributed by atoms with van der Waals surface area (Å²) in [5, 5.41) is 12.6. The highest BCUT2D eigenvalue weighted by Gasteiger charge is 2.31. The maximum absolute atomic E-state index is 12.6. The number of aromatic carboxylic acids is 1. The van der Waals surface area contributed by atoms with Gasteiger partial charge in [0.05, 0.1) is 5.56 Å². The average Bonchev–Trinajstić information content (AvgIpc) is 2.64. The third kappa shape index (κ3) is 2.49. The molecule has 0 radical (unpaired) electrons. The Kier molecular flexibility index (Phi) is 3.47. The van der Waals surface area contributed by atoms with Crippen LogP contribution in [0.2, 0.25) is 5.02 Å². The van der Waals surface area contributed by atoms with Crippen LogP contribution in [0, 0.1) is 0 Å². The molecule has 0 aliphatic carbocycles. The molecule has 1 heterocycles. The highest BCUT2D eigenvalue weighted by atomic mass is 35.5. The van der Waals surface area contributed by atoms with Gasteiger partial charge in [0.25, 0.3) is 0 Å². The van der Waals surface area contributed by atoms with E-state index in [2.05, 4.69) is 5.10 Å². The van der Waals surface area contributed by atoms with Crippen LogP contribution in [0.3, 0.4) is 0 Å². The van der Waals surface area contributed by atoms with Crippen LogP contribution in [0.4, 0.5) is 13.2 Å². The number of carboxylic acids is 1. The lowest BCUT2D eigenvalue weighted by Crippen LogP contribution is -2.05. The van der Waals surface area contributed by atoms with Crippen LogP contribution in [-0.4, -0.2) is 20.9 Å². The molecule has 0 spiro atoms. The molecule has 0 saturated carbocycles. The Hall–Kier alpha value is -2.02. The molecule has 106 valence electrons. The van der Waals surface area contributed by atoms with Crippen molar-refractivity contribution >= 4 is 17.6 Å². The number of carbonyl (C=O) groups is 1. The average molecular weight is 305 g/mol. The maximum atomic E-state index is 12.6. The van der Waals surface area contributed by atoms with E-state index in [1.54, 1.807) is 0 Å². The van der Waals surface area contributed by atoms with Gasteiger partial charge in [0.2, 0.25) is 0 Å². The summed E-state index contributed by atoms with van der Waals surface area (Å²) in [4.78, 5) is 11.0. The van der Waals surface area contributed by atoms with E-state index < -0.39 is 17.7 Å². The molecule has 0 saturated heterocycles. The lowest BCUT2D eigenvalue weighted by molar-refractivity contribution is -0.137. The summed E-state index contributed by atoms with van der Waals surface area (Å²) in [7, 11) is 1.35. The Morgan fingerprint density at radius 3 is 2.55 bits per heavy atom. The molecule has 0 bridgehead atoms. The molecule has 2 rings (SSSR count). The van der Waals surface area contributed by atoms with Gasteiger partial charge in [0.15, 0.2) is 5.69 Å². The van der Waals surface area contributed by atoms with Gasteiger partial charge < -0.3 is 5.11 Å². The Morgan fingerprint density at radius 1 is 1.40 bits per heavy atom. The van der Waals surface area contributed by atoms with Crippen LogP contribution in [0.15, 0.2) is 24.3 Å². The van der Waals surface area contributed by atoms with E-state index in [0.717, 1.165) is 16.8 Å². The number of hydrogen-bond donors (Lipinski definition) is 1. The summed E-state index contributed by atoms with van der Waals surface area (Å²) < 4.78 is 38.9. The predicted molar refractivity (Wildman–Crippen MR) is 65.6 cm³/mol. The minimum Gasteiger partial charge on any atom is -0.476 e. The number of alkyl halides is 3. The Bertz CT molecular complexity index is 680. The van der Waals surface area contributed by atoms with Gasteiger partial charge in [-0.05, 0) is 12.1 Å². The summed E-state index contributed by atoms with van der Waals surface area (Å²) in [6, 6.07) is 4.39. The lowest BCUT2D eigenvalue weighted by atomic mass is 10.1. The standard InChI is InChI=1S/C12H8ClF3N2O2/c1-18-10(11(19)20)8(13)9(17-18)6-3-2-4-7(5-6)12(14,15)16/h2-5H,1H3,(H,19,20). The van der Waals surface area contributed by atoms with Crippen molar-refractivity contribution in [1.82, 2.24) is 9.78 Å². The fraction of sp³-hybridized carbons (Fsp3) is 0.167. The van der Waals surface area contributed by atoms with Crippen LogP contribution in [-0.2, 0) is 13.2 Å².